The van der Waals surface area contributed by atoms with Gasteiger partial charge >= 0.3 is 0 Å². The summed E-state index contributed by atoms with van der Waals surface area (Å²) in [5.41, 5.74) is 1.58. The summed E-state index contributed by atoms with van der Waals surface area (Å²) in [6, 6.07) is 5.13. The molecule has 1 aliphatic rings. The Labute approximate surface area is 117 Å². The monoisotopic (exact) mass is 277 g/mol. The molecule has 20 heavy (non-hydrogen) atoms. The molecule has 108 valence electrons. The van der Waals surface area contributed by atoms with Crippen LogP contribution in [0.3, 0.4) is 0 Å². The van der Waals surface area contributed by atoms with E-state index in [1.54, 1.807) is 19.1 Å². The number of amides is 1. The van der Waals surface area contributed by atoms with E-state index >= 15 is 0 Å². The molecular weight excluding hydrogens is 258 g/mol. The van der Waals surface area contributed by atoms with Crippen LogP contribution in [-0.4, -0.2) is 35.4 Å². The van der Waals surface area contributed by atoms with Gasteiger partial charge in [-0.1, -0.05) is 12.1 Å². The number of likely N-dealkylation sites (tertiary alicyclic amines) is 1. The molecule has 1 saturated heterocycles. The summed E-state index contributed by atoms with van der Waals surface area (Å²) in [4.78, 5) is 24.1. The summed E-state index contributed by atoms with van der Waals surface area (Å²) in [5, 5.41) is 13.9. The van der Waals surface area contributed by atoms with Crippen molar-refractivity contribution in [3.8, 4) is 0 Å². The molecule has 0 saturated carbocycles. The van der Waals surface area contributed by atoms with Crippen molar-refractivity contribution in [1.29, 1.82) is 0 Å². The van der Waals surface area contributed by atoms with Crippen molar-refractivity contribution in [2.24, 2.45) is 0 Å². The summed E-state index contributed by atoms with van der Waals surface area (Å²) < 4.78 is 0. The van der Waals surface area contributed by atoms with Gasteiger partial charge in [-0.15, -0.1) is 0 Å². The van der Waals surface area contributed by atoms with Gasteiger partial charge < -0.3 is 10.2 Å². The Bertz CT molecular complexity index is 510. The van der Waals surface area contributed by atoms with E-state index in [0.717, 1.165) is 31.5 Å². The van der Waals surface area contributed by atoms with Gasteiger partial charge in [-0.25, -0.2) is 0 Å². The Hall–Kier alpha value is -1.95. The number of nitrogens with zero attached hydrogens (tertiary/aromatic N) is 2. The average molecular weight is 277 g/mol. The van der Waals surface area contributed by atoms with Crippen LogP contribution in [0.2, 0.25) is 0 Å². The summed E-state index contributed by atoms with van der Waals surface area (Å²) in [6.45, 7) is 4.14. The Kier molecular flexibility index (Phi) is 4.68. The van der Waals surface area contributed by atoms with Crippen LogP contribution in [0, 0.1) is 17.0 Å². The molecule has 0 radical (unpaired) electrons. The zero-order chi connectivity index (χ0) is 14.5. The molecule has 1 aliphatic heterocycles. The zero-order valence-corrected chi connectivity index (χ0v) is 11.6. The van der Waals surface area contributed by atoms with Gasteiger partial charge in [0.25, 0.3) is 5.69 Å². The highest BCUT2D eigenvalue weighted by Gasteiger charge is 2.17. The number of aryl methyl sites for hydroxylation is 1. The number of benzene rings is 1. The predicted molar refractivity (Wildman–Crippen MR) is 75.4 cm³/mol. The molecule has 6 nitrogen and oxygen atoms in total. The van der Waals surface area contributed by atoms with Gasteiger partial charge in [0, 0.05) is 31.3 Å². The van der Waals surface area contributed by atoms with Crippen molar-refractivity contribution in [3.63, 3.8) is 0 Å². The van der Waals surface area contributed by atoms with Crippen LogP contribution in [0.15, 0.2) is 18.2 Å². The number of nitrogens with one attached hydrogen (secondary N) is 1. The third-order valence-corrected chi connectivity index (χ3v) is 3.53. The van der Waals surface area contributed by atoms with Gasteiger partial charge in [-0.2, -0.15) is 0 Å². The second-order valence-corrected chi connectivity index (χ2v) is 5.07. The van der Waals surface area contributed by atoms with E-state index in [4.69, 9.17) is 0 Å². The SMILES string of the molecule is Cc1ccc(CNCC(=O)N2CCCC2)cc1[N+](=O)[O-]. The maximum Gasteiger partial charge on any atom is 0.272 e. The summed E-state index contributed by atoms with van der Waals surface area (Å²) >= 11 is 0. The minimum absolute atomic E-state index is 0.101. The molecule has 1 aromatic rings. The lowest BCUT2D eigenvalue weighted by atomic mass is 10.1. The molecule has 1 aromatic carbocycles. The van der Waals surface area contributed by atoms with Crippen LogP contribution in [-0.2, 0) is 11.3 Å². The fourth-order valence-electron chi connectivity index (χ4n) is 2.35. The third kappa shape index (κ3) is 3.54. The number of rotatable bonds is 5. The first kappa shape index (κ1) is 14.5. The van der Waals surface area contributed by atoms with Crippen LogP contribution in [0.4, 0.5) is 5.69 Å². The number of hydrogen-bond donors (Lipinski definition) is 1. The quantitative estimate of drug-likeness (QED) is 0.655. The molecule has 1 fully saturated rings. The van der Waals surface area contributed by atoms with Gasteiger partial charge in [0.1, 0.15) is 0 Å². The van der Waals surface area contributed by atoms with Crippen LogP contribution in [0.5, 0.6) is 0 Å². The molecule has 6 heteroatoms. The molecule has 0 atom stereocenters. The third-order valence-electron chi connectivity index (χ3n) is 3.53. The highest BCUT2D eigenvalue weighted by atomic mass is 16.6. The highest BCUT2D eigenvalue weighted by Crippen LogP contribution is 2.19. The smallest absolute Gasteiger partial charge is 0.272 e. The molecule has 1 N–H and O–H groups in total. The standard InChI is InChI=1S/C14H19N3O3/c1-11-4-5-12(8-13(11)17(19)20)9-15-10-14(18)16-6-2-3-7-16/h4-5,8,15H,2-3,6-7,9-10H2,1H3. The van der Waals surface area contributed by atoms with E-state index in [-0.39, 0.29) is 23.1 Å². The first-order valence-electron chi connectivity index (χ1n) is 6.80. The number of carbonyl (C=O) groups is 1. The van der Waals surface area contributed by atoms with Crippen LogP contribution >= 0.6 is 0 Å². The number of nitro groups is 1. The van der Waals surface area contributed by atoms with Crippen molar-refractivity contribution in [2.75, 3.05) is 19.6 Å². The van der Waals surface area contributed by atoms with Crippen LogP contribution in [0.25, 0.3) is 0 Å². The van der Waals surface area contributed by atoms with E-state index < -0.39 is 0 Å². The summed E-state index contributed by atoms with van der Waals surface area (Å²) in [5.74, 6) is 0.101. The van der Waals surface area contributed by atoms with Crippen LogP contribution in [0.1, 0.15) is 24.0 Å². The second kappa shape index (κ2) is 6.47. The molecular formula is C14H19N3O3. The number of hydrogen-bond acceptors (Lipinski definition) is 4. The predicted octanol–water partition coefficient (Wildman–Crippen LogP) is 1.62. The lowest BCUT2D eigenvalue weighted by molar-refractivity contribution is -0.385. The Balaban J connectivity index is 1.86. The molecule has 2 rings (SSSR count). The van der Waals surface area contributed by atoms with E-state index in [1.807, 2.05) is 11.0 Å². The zero-order valence-electron chi connectivity index (χ0n) is 11.6. The number of nitro benzene ring substituents is 1. The molecule has 0 bridgehead atoms. The molecule has 1 amide bonds. The van der Waals surface area contributed by atoms with Gasteiger partial charge in [0.2, 0.25) is 5.91 Å². The fourth-order valence-corrected chi connectivity index (χ4v) is 2.35. The Morgan fingerprint density at radius 3 is 2.75 bits per heavy atom. The van der Waals surface area contributed by atoms with Gasteiger partial charge in [-0.3, -0.25) is 14.9 Å². The average Bonchev–Trinajstić information content (AvgIpc) is 2.94. The van der Waals surface area contributed by atoms with Crippen molar-refractivity contribution in [3.05, 3.63) is 39.4 Å². The van der Waals surface area contributed by atoms with Gasteiger partial charge in [-0.05, 0) is 25.3 Å². The maximum atomic E-state index is 11.8. The first-order chi connectivity index (χ1) is 9.58. The van der Waals surface area contributed by atoms with Gasteiger partial charge in [0.05, 0.1) is 11.5 Å². The molecule has 0 spiro atoms. The second-order valence-electron chi connectivity index (χ2n) is 5.07. The Morgan fingerprint density at radius 1 is 1.40 bits per heavy atom. The lowest BCUT2D eigenvalue weighted by Gasteiger charge is -2.15. The Morgan fingerprint density at radius 2 is 2.10 bits per heavy atom. The summed E-state index contributed by atoms with van der Waals surface area (Å²) in [7, 11) is 0. The largest absolute Gasteiger partial charge is 0.342 e. The van der Waals surface area contributed by atoms with E-state index in [0.29, 0.717) is 12.1 Å². The van der Waals surface area contributed by atoms with Crippen molar-refractivity contribution in [2.45, 2.75) is 26.3 Å². The molecule has 1 heterocycles. The topological polar surface area (TPSA) is 75.5 Å². The minimum Gasteiger partial charge on any atom is -0.342 e. The molecule has 0 aromatic heterocycles. The van der Waals surface area contributed by atoms with Crippen molar-refractivity contribution in [1.82, 2.24) is 10.2 Å². The van der Waals surface area contributed by atoms with Crippen molar-refractivity contribution >= 4 is 11.6 Å². The highest BCUT2D eigenvalue weighted by molar-refractivity contribution is 5.78. The van der Waals surface area contributed by atoms with Crippen molar-refractivity contribution < 1.29 is 9.72 Å². The fraction of sp³-hybridized carbons (Fsp3) is 0.500. The maximum absolute atomic E-state index is 11.8. The van der Waals surface area contributed by atoms with Crippen LogP contribution < -0.4 is 5.32 Å². The molecule has 0 unspecified atom stereocenters. The normalized spacial score (nSPS) is 14.6. The summed E-state index contributed by atoms with van der Waals surface area (Å²) in [6.07, 6.45) is 2.16. The first-order valence-corrected chi connectivity index (χ1v) is 6.80. The van der Waals surface area contributed by atoms with E-state index in [2.05, 4.69) is 5.32 Å². The molecule has 0 aliphatic carbocycles. The van der Waals surface area contributed by atoms with Gasteiger partial charge in [0.15, 0.2) is 0 Å². The number of carbonyl (C=O) groups excluding carboxylic acids is 1. The minimum atomic E-state index is -0.381. The lowest BCUT2D eigenvalue weighted by Crippen LogP contribution is -2.35. The van der Waals surface area contributed by atoms with E-state index in [1.165, 1.54) is 0 Å². The van der Waals surface area contributed by atoms with E-state index in [9.17, 15) is 14.9 Å².